The van der Waals surface area contributed by atoms with Crippen LogP contribution in [0, 0.1) is 23.7 Å². The number of aromatic nitrogens is 1. The van der Waals surface area contributed by atoms with E-state index in [1.165, 1.54) is 7.11 Å². The van der Waals surface area contributed by atoms with E-state index < -0.39 is 65.7 Å². The number of esters is 1. The Kier molecular flexibility index (Phi) is 13.5. The Bertz CT molecular complexity index is 1810. The summed E-state index contributed by atoms with van der Waals surface area (Å²) in [7, 11) is 2.86. The highest BCUT2D eigenvalue weighted by atomic mass is 16.5. The summed E-state index contributed by atoms with van der Waals surface area (Å²) >= 11 is 0. The zero-order valence-electron chi connectivity index (χ0n) is 31.6. The standard InChI is InChI=1S/C41H52N4O9/c1-6-31(40(49)50)43-37(46)29-19-27(54-34-22-32(24-13-9-7-10-14-24)42-33-21-26(52-4)17-18-28(33)34)20-30(29)38(47)44-35(23(2)3)39(48)45-36(41(51)53-5)25-15-11-8-12-16-25/h7,9-10,13-14,17-18,21-23,25,27,29-31,35-36H,6,8,11-12,15-16,19-20H2,1-5H3,(H,43,46)(H,44,47)(H,45,48)(H,49,50)/t27-,29-,30-,31+,35-,36?/m1/s1. The van der Waals surface area contributed by atoms with Crippen LogP contribution in [-0.4, -0.2) is 78.2 Å². The molecule has 2 aliphatic carbocycles. The second-order valence-electron chi connectivity index (χ2n) is 14.6. The number of aliphatic carboxylic acids is 1. The number of fused-ring (bicyclic) bond motifs is 1. The van der Waals surface area contributed by atoms with Crippen LogP contribution in [0.3, 0.4) is 0 Å². The summed E-state index contributed by atoms with van der Waals surface area (Å²) in [6.07, 6.45) is 4.28. The number of carboxylic acid groups (broad SMARTS) is 1. The number of carbonyl (C=O) groups is 5. The third-order valence-corrected chi connectivity index (χ3v) is 10.7. The minimum atomic E-state index is -1.18. The van der Waals surface area contributed by atoms with Crippen LogP contribution in [0.2, 0.25) is 0 Å². The van der Waals surface area contributed by atoms with Crippen molar-refractivity contribution < 1.29 is 43.3 Å². The van der Waals surface area contributed by atoms with E-state index >= 15 is 0 Å². The third-order valence-electron chi connectivity index (χ3n) is 10.7. The molecule has 0 aliphatic heterocycles. The number of rotatable bonds is 15. The van der Waals surface area contributed by atoms with E-state index in [-0.39, 0.29) is 31.1 Å². The van der Waals surface area contributed by atoms with Gasteiger partial charge in [-0.3, -0.25) is 14.4 Å². The van der Waals surface area contributed by atoms with Crippen LogP contribution in [0.5, 0.6) is 11.5 Å². The third kappa shape index (κ3) is 9.47. The SMILES string of the molecule is CC[C@H](NC(=O)[C@@H]1C[C@@H](Oc2cc(-c3ccccc3)nc3cc(OC)ccc23)C[C@H]1C(=O)N[C@@H](C(=O)NC(C(=O)OC)C1CCCCC1)C(C)C)C(=O)O. The molecule has 0 spiro atoms. The van der Waals surface area contributed by atoms with E-state index in [1.54, 1.807) is 33.9 Å². The van der Waals surface area contributed by atoms with Crippen molar-refractivity contribution in [2.45, 2.75) is 96.4 Å². The summed E-state index contributed by atoms with van der Waals surface area (Å²) < 4.78 is 17.1. The van der Waals surface area contributed by atoms with Crippen molar-refractivity contribution in [1.29, 1.82) is 0 Å². The number of hydrogen-bond acceptors (Lipinski definition) is 9. The number of nitrogens with one attached hydrogen (secondary N) is 3. The van der Waals surface area contributed by atoms with E-state index in [9.17, 15) is 29.1 Å². The quantitative estimate of drug-likeness (QED) is 0.154. The van der Waals surface area contributed by atoms with Gasteiger partial charge in [-0.05, 0) is 56.1 Å². The topological polar surface area (TPSA) is 182 Å². The fourth-order valence-corrected chi connectivity index (χ4v) is 7.62. The highest BCUT2D eigenvalue weighted by molar-refractivity contribution is 5.94. The van der Waals surface area contributed by atoms with Gasteiger partial charge in [0.05, 0.1) is 37.3 Å². The van der Waals surface area contributed by atoms with Crippen LogP contribution in [0.25, 0.3) is 22.2 Å². The molecular formula is C41H52N4O9. The monoisotopic (exact) mass is 744 g/mol. The minimum absolute atomic E-state index is 0.0759. The molecule has 1 unspecified atom stereocenters. The van der Waals surface area contributed by atoms with E-state index in [0.29, 0.717) is 28.1 Å². The zero-order valence-corrected chi connectivity index (χ0v) is 31.6. The summed E-state index contributed by atoms with van der Waals surface area (Å²) in [5, 5.41) is 18.7. The molecule has 0 bridgehead atoms. The van der Waals surface area contributed by atoms with Crippen LogP contribution < -0.4 is 25.4 Å². The van der Waals surface area contributed by atoms with E-state index in [1.807, 2.05) is 48.5 Å². The van der Waals surface area contributed by atoms with Crippen molar-refractivity contribution in [3.63, 3.8) is 0 Å². The highest BCUT2D eigenvalue weighted by Crippen LogP contribution is 2.39. The van der Waals surface area contributed by atoms with Gasteiger partial charge in [-0.2, -0.15) is 0 Å². The predicted molar refractivity (Wildman–Crippen MR) is 202 cm³/mol. The number of ether oxygens (including phenoxy) is 3. The Hall–Kier alpha value is -5.20. The Morgan fingerprint density at radius 3 is 2.13 bits per heavy atom. The van der Waals surface area contributed by atoms with Crippen molar-refractivity contribution in [3.8, 4) is 22.8 Å². The van der Waals surface area contributed by atoms with Crippen molar-refractivity contribution >= 4 is 40.6 Å². The minimum Gasteiger partial charge on any atom is -0.497 e. The number of methoxy groups -OCH3 is 2. The van der Waals surface area contributed by atoms with Gasteiger partial charge in [0.25, 0.3) is 0 Å². The molecule has 2 fully saturated rings. The summed E-state index contributed by atoms with van der Waals surface area (Å²) in [4.78, 5) is 71.3. The van der Waals surface area contributed by atoms with Gasteiger partial charge in [-0.25, -0.2) is 14.6 Å². The number of hydrogen-bond donors (Lipinski definition) is 4. The van der Waals surface area contributed by atoms with Gasteiger partial charge in [0.1, 0.15) is 35.7 Å². The molecule has 290 valence electrons. The first kappa shape index (κ1) is 40.0. The lowest BCUT2D eigenvalue weighted by Crippen LogP contribution is -2.57. The summed E-state index contributed by atoms with van der Waals surface area (Å²) in [6, 6.07) is 13.9. The smallest absolute Gasteiger partial charge is 0.328 e. The molecular weight excluding hydrogens is 692 g/mol. The molecule has 3 aromatic rings. The van der Waals surface area contributed by atoms with Gasteiger partial charge in [0.2, 0.25) is 17.7 Å². The van der Waals surface area contributed by atoms with Gasteiger partial charge in [0, 0.05) is 23.1 Å². The second-order valence-corrected chi connectivity index (χ2v) is 14.6. The second kappa shape index (κ2) is 18.2. The fraction of sp³-hybridized carbons (Fsp3) is 0.512. The molecule has 2 saturated carbocycles. The average molecular weight is 745 g/mol. The molecule has 0 saturated heterocycles. The van der Waals surface area contributed by atoms with Gasteiger partial charge < -0.3 is 35.3 Å². The maximum Gasteiger partial charge on any atom is 0.328 e. The molecule has 5 rings (SSSR count). The largest absolute Gasteiger partial charge is 0.497 e. The molecule has 54 heavy (non-hydrogen) atoms. The molecule has 1 heterocycles. The van der Waals surface area contributed by atoms with E-state index in [4.69, 9.17) is 19.2 Å². The van der Waals surface area contributed by atoms with Crippen LogP contribution >= 0.6 is 0 Å². The van der Waals surface area contributed by atoms with E-state index in [0.717, 1.165) is 37.7 Å². The first-order valence-corrected chi connectivity index (χ1v) is 18.9. The average Bonchev–Trinajstić information content (AvgIpc) is 3.61. The number of amides is 3. The van der Waals surface area contributed by atoms with Gasteiger partial charge >= 0.3 is 11.9 Å². The molecule has 1 aromatic heterocycles. The maximum atomic E-state index is 14.2. The Morgan fingerprint density at radius 2 is 1.54 bits per heavy atom. The molecule has 3 amide bonds. The molecule has 13 heteroatoms. The van der Waals surface area contributed by atoms with Crippen molar-refractivity contribution in [2.24, 2.45) is 23.7 Å². The molecule has 6 atom stereocenters. The van der Waals surface area contributed by atoms with Crippen LogP contribution in [0.1, 0.15) is 72.1 Å². The van der Waals surface area contributed by atoms with Gasteiger partial charge in [-0.1, -0.05) is 70.4 Å². The van der Waals surface area contributed by atoms with Crippen LogP contribution in [-0.2, 0) is 28.7 Å². The van der Waals surface area contributed by atoms with Crippen molar-refractivity contribution in [3.05, 3.63) is 54.6 Å². The number of carboxylic acids is 1. The highest BCUT2D eigenvalue weighted by Gasteiger charge is 2.46. The van der Waals surface area contributed by atoms with Gasteiger partial charge in [-0.15, -0.1) is 0 Å². The van der Waals surface area contributed by atoms with Crippen molar-refractivity contribution in [1.82, 2.24) is 20.9 Å². The lowest BCUT2D eigenvalue weighted by atomic mass is 9.83. The summed E-state index contributed by atoms with van der Waals surface area (Å²) in [5.41, 5.74) is 2.15. The lowest BCUT2D eigenvalue weighted by Gasteiger charge is -2.31. The Morgan fingerprint density at radius 1 is 0.870 bits per heavy atom. The molecule has 0 radical (unpaired) electrons. The molecule has 13 nitrogen and oxygen atoms in total. The molecule has 4 N–H and O–H groups in total. The Balaban J connectivity index is 1.42. The zero-order chi connectivity index (χ0) is 38.9. The molecule has 2 aromatic carbocycles. The summed E-state index contributed by atoms with van der Waals surface area (Å²) in [6.45, 7) is 5.23. The van der Waals surface area contributed by atoms with Crippen molar-refractivity contribution in [2.75, 3.05) is 14.2 Å². The number of nitrogens with zero attached hydrogens (tertiary/aromatic N) is 1. The Labute approximate surface area is 315 Å². The van der Waals surface area contributed by atoms with E-state index in [2.05, 4.69) is 16.0 Å². The number of carbonyl (C=O) groups excluding carboxylic acids is 4. The first-order chi connectivity index (χ1) is 25.9. The van der Waals surface area contributed by atoms with Crippen LogP contribution in [0.15, 0.2) is 54.6 Å². The number of pyridine rings is 1. The fourth-order valence-electron chi connectivity index (χ4n) is 7.62. The van der Waals surface area contributed by atoms with Gasteiger partial charge in [0.15, 0.2) is 0 Å². The number of benzene rings is 2. The lowest BCUT2D eigenvalue weighted by molar-refractivity contribution is -0.147. The normalized spacial score (nSPS) is 20.4. The van der Waals surface area contributed by atoms with Crippen LogP contribution in [0.4, 0.5) is 0 Å². The predicted octanol–water partition coefficient (Wildman–Crippen LogP) is 5.04. The molecule has 2 aliphatic rings. The maximum absolute atomic E-state index is 14.2. The summed E-state index contributed by atoms with van der Waals surface area (Å²) in [5.74, 6) is -4.59. The first-order valence-electron chi connectivity index (χ1n) is 18.9.